The van der Waals surface area contributed by atoms with E-state index in [1.54, 1.807) is 4.90 Å². The molecule has 0 amide bonds. The van der Waals surface area contributed by atoms with Gasteiger partial charge in [0.05, 0.1) is 17.2 Å². The molecule has 1 aromatic carbocycles. The highest BCUT2D eigenvalue weighted by molar-refractivity contribution is 5.72. The largest absolute Gasteiger partial charge is 0.481 e. The number of nitrogens with zero attached hydrogens (tertiary/aromatic N) is 2. The Morgan fingerprint density at radius 3 is 2.38 bits per heavy atom. The summed E-state index contributed by atoms with van der Waals surface area (Å²) in [5, 5.41) is 11.6. The van der Waals surface area contributed by atoms with E-state index in [2.05, 4.69) is 5.18 Å². The Balaban J connectivity index is 2.21. The number of hydrogen-bond donors (Lipinski definition) is 1. The summed E-state index contributed by atoms with van der Waals surface area (Å²) in [5.74, 6) is -1.33. The highest BCUT2D eigenvalue weighted by Gasteiger charge is 2.32. The second-order valence-electron chi connectivity index (χ2n) is 4.89. The Hall–Kier alpha value is -2.12. The van der Waals surface area contributed by atoms with Crippen molar-refractivity contribution in [2.75, 3.05) is 18.0 Å². The van der Waals surface area contributed by atoms with Crippen LogP contribution in [-0.4, -0.2) is 24.2 Å². The number of benzene rings is 1. The van der Waals surface area contributed by atoms with Gasteiger partial charge in [0.2, 0.25) is 0 Å². The first kappa shape index (κ1) is 15.3. The monoisotopic (exact) mass is 302 g/mol. The van der Waals surface area contributed by atoms with E-state index in [-0.39, 0.29) is 5.69 Å². The lowest BCUT2D eigenvalue weighted by atomic mass is 9.96. The van der Waals surface area contributed by atoms with Crippen LogP contribution in [0.15, 0.2) is 23.4 Å². The van der Waals surface area contributed by atoms with Crippen molar-refractivity contribution in [3.8, 4) is 0 Å². The molecule has 1 saturated heterocycles. The van der Waals surface area contributed by atoms with E-state index < -0.39 is 23.6 Å². The van der Waals surface area contributed by atoms with Gasteiger partial charge in [-0.05, 0) is 36.2 Å². The van der Waals surface area contributed by atoms with Crippen LogP contribution in [0.4, 0.5) is 24.5 Å². The SMILES string of the molecule is O=Nc1cc(C(F)(F)F)ccc1N1CCC(C(=O)O)CC1. The van der Waals surface area contributed by atoms with Gasteiger partial charge in [-0.15, -0.1) is 4.91 Å². The summed E-state index contributed by atoms with van der Waals surface area (Å²) in [6.45, 7) is 0.732. The molecule has 0 bridgehead atoms. The molecule has 5 nitrogen and oxygen atoms in total. The van der Waals surface area contributed by atoms with E-state index >= 15 is 0 Å². The van der Waals surface area contributed by atoms with E-state index in [4.69, 9.17) is 5.11 Å². The number of carboxylic acids is 1. The molecule has 1 aliphatic heterocycles. The van der Waals surface area contributed by atoms with Crippen molar-refractivity contribution < 1.29 is 23.1 Å². The van der Waals surface area contributed by atoms with Crippen LogP contribution in [0.2, 0.25) is 0 Å². The Morgan fingerprint density at radius 2 is 1.90 bits per heavy atom. The van der Waals surface area contributed by atoms with E-state index in [1.807, 2.05) is 0 Å². The van der Waals surface area contributed by atoms with Gasteiger partial charge in [0.1, 0.15) is 5.69 Å². The zero-order valence-corrected chi connectivity index (χ0v) is 10.9. The number of carbonyl (C=O) groups is 1. The number of piperidine rings is 1. The molecule has 114 valence electrons. The third-order valence-corrected chi connectivity index (χ3v) is 3.59. The average Bonchev–Trinajstić information content (AvgIpc) is 2.45. The van der Waals surface area contributed by atoms with Crippen LogP contribution in [0.3, 0.4) is 0 Å². The highest BCUT2D eigenvalue weighted by Crippen LogP contribution is 2.37. The van der Waals surface area contributed by atoms with Crippen molar-refractivity contribution in [1.82, 2.24) is 0 Å². The van der Waals surface area contributed by atoms with Crippen molar-refractivity contribution >= 4 is 17.3 Å². The van der Waals surface area contributed by atoms with Crippen LogP contribution in [0.1, 0.15) is 18.4 Å². The molecule has 1 heterocycles. The molecule has 0 spiro atoms. The van der Waals surface area contributed by atoms with Crippen LogP contribution >= 0.6 is 0 Å². The van der Waals surface area contributed by atoms with Crippen LogP contribution < -0.4 is 4.90 Å². The Morgan fingerprint density at radius 1 is 1.29 bits per heavy atom. The number of hydrogen-bond acceptors (Lipinski definition) is 4. The van der Waals surface area contributed by atoms with Crippen molar-refractivity contribution in [1.29, 1.82) is 0 Å². The van der Waals surface area contributed by atoms with Gasteiger partial charge in [0.25, 0.3) is 0 Å². The predicted octanol–water partition coefficient (Wildman–Crippen LogP) is 3.40. The molecular weight excluding hydrogens is 289 g/mol. The van der Waals surface area contributed by atoms with Crippen LogP contribution in [0.25, 0.3) is 0 Å². The molecule has 0 radical (unpaired) electrons. The zero-order valence-electron chi connectivity index (χ0n) is 10.9. The Kier molecular flexibility index (Phi) is 4.15. The third-order valence-electron chi connectivity index (χ3n) is 3.59. The smallest absolute Gasteiger partial charge is 0.416 e. The molecule has 1 aromatic rings. The second-order valence-corrected chi connectivity index (χ2v) is 4.89. The van der Waals surface area contributed by atoms with Crippen LogP contribution in [0, 0.1) is 10.8 Å². The maximum absolute atomic E-state index is 12.6. The number of alkyl halides is 3. The summed E-state index contributed by atoms with van der Waals surface area (Å²) in [7, 11) is 0. The lowest BCUT2D eigenvalue weighted by molar-refractivity contribution is -0.142. The lowest BCUT2D eigenvalue weighted by Gasteiger charge is -2.32. The summed E-state index contributed by atoms with van der Waals surface area (Å²) < 4.78 is 37.8. The van der Waals surface area contributed by atoms with Gasteiger partial charge in [0, 0.05) is 13.1 Å². The highest BCUT2D eigenvalue weighted by atomic mass is 19.4. The standard InChI is InChI=1S/C13H13F3N2O3/c14-13(15,16)9-1-2-11(10(7-9)17-21)18-5-3-8(4-6-18)12(19)20/h1-2,7-8H,3-6H2,(H,19,20). The number of nitroso groups, excluding NO2 is 1. The molecule has 1 N–H and O–H groups in total. The molecule has 8 heteroatoms. The first-order valence-electron chi connectivity index (χ1n) is 6.35. The predicted molar refractivity (Wildman–Crippen MR) is 69.5 cm³/mol. The lowest BCUT2D eigenvalue weighted by Crippen LogP contribution is -2.36. The third kappa shape index (κ3) is 3.32. The summed E-state index contributed by atoms with van der Waals surface area (Å²) >= 11 is 0. The van der Waals surface area contributed by atoms with Crippen LogP contribution in [0.5, 0.6) is 0 Å². The van der Waals surface area contributed by atoms with Crippen molar-refractivity contribution in [2.24, 2.45) is 11.1 Å². The van der Waals surface area contributed by atoms with Gasteiger partial charge in [0.15, 0.2) is 0 Å². The number of anilines is 1. The Bertz CT molecular complexity index is 552. The normalized spacial score (nSPS) is 16.8. The molecule has 0 saturated carbocycles. The minimum Gasteiger partial charge on any atom is -0.481 e. The van der Waals surface area contributed by atoms with Gasteiger partial charge in [-0.2, -0.15) is 13.2 Å². The summed E-state index contributed by atoms with van der Waals surface area (Å²) in [4.78, 5) is 23.3. The van der Waals surface area contributed by atoms with Crippen molar-refractivity contribution in [2.45, 2.75) is 19.0 Å². The maximum Gasteiger partial charge on any atom is 0.416 e. The number of carboxylic acid groups (broad SMARTS) is 1. The number of rotatable bonds is 3. The fourth-order valence-corrected chi connectivity index (χ4v) is 2.41. The van der Waals surface area contributed by atoms with Crippen LogP contribution in [-0.2, 0) is 11.0 Å². The van der Waals surface area contributed by atoms with E-state index in [0.717, 1.165) is 6.07 Å². The van der Waals surface area contributed by atoms with Gasteiger partial charge in [-0.1, -0.05) is 0 Å². The van der Waals surface area contributed by atoms with Crippen molar-refractivity contribution in [3.05, 3.63) is 28.7 Å². The summed E-state index contributed by atoms with van der Waals surface area (Å²) in [5.41, 5.74) is -0.901. The molecule has 0 aromatic heterocycles. The van der Waals surface area contributed by atoms with Gasteiger partial charge < -0.3 is 10.0 Å². The first-order chi connectivity index (χ1) is 9.82. The zero-order chi connectivity index (χ0) is 15.6. The topological polar surface area (TPSA) is 70.0 Å². The minimum absolute atomic E-state index is 0.279. The number of halogens is 3. The fourth-order valence-electron chi connectivity index (χ4n) is 2.41. The maximum atomic E-state index is 12.6. The number of aliphatic carboxylic acids is 1. The molecule has 0 aliphatic carbocycles. The van der Waals surface area contributed by atoms with E-state index in [0.29, 0.717) is 37.7 Å². The van der Waals surface area contributed by atoms with Crippen molar-refractivity contribution in [3.63, 3.8) is 0 Å². The molecule has 2 rings (SSSR count). The van der Waals surface area contributed by atoms with E-state index in [1.165, 1.54) is 6.07 Å². The van der Waals surface area contributed by atoms with Gasteiger partial charge in [-0.3, -0.25) is 4.79 Å². The second kappa shape index (κ2) is 5.71. The molecule has 1 fully saturated rings. The quantitative estimate of drug-likeness (QED) is 0.869. The summed E-state index contributed by atoms with van der Waals surface area (Å²) in [6, 6.07) is 2.82. The minimum atomic E-state index is -4.53. The molecule has 0 atom stereocenters. The fraction of sp³-hybridized carbons (Fsp3) is 0.462. The molecular formula is C13H13F3N2O3. The Labute approximate surface area is 118 Å². The average molecular weight is 302 g/mol. The van der Waals surface area contributed by atoms with Gasteiger partial charge in [-0.25, -0.2) is 0 Å². The van der Waals surface area contributed by atoms with E-state index in [9.17, 15) is 22.9 Å². The molecule has 1 aliphatic rings. The summed E-state index contributed by atoms with van der Waals surface area (Å²) in [6.07, 6.45) is -3.77. The molecule has 21 heavy (non-hydrogen) atoms. The van der Waals surface area contributed by atoms with Gasteiger partial charge >= 0.3 is 12.1 Å². The molecule has 0 unspecified atom stereocenters. The first-order valence-corrected chi connectivity index (χ1v) is 6.35.